The molecule has 2 amide bonds. The quantitative estimate of drug-likeness (QED) is 0.286. The second kappa shape index (κ2) is 10.4. The Balaban J connectivity index is 1.96. The van der Waals surface area contributed by atoms with Gasteiger partial charge in [0.1, 0.15) is 4.32 Å². The minimum absolute atomic E-state index is 0.0879. The van der Waals surface area contributed by atoms with Gasteiger partial charge in [-0.2, -0.15) is 0 Å². The monoisotopic (exact) mass is 508 g/mol. The molecule has 0 spiro atoms. The lowest BCUT2D eigenvalue weighted by Crippen LogP contribution is -2.33. The molecule has 0 N–H and O–H groups in total. The Kier molecular flexibility index (Phi) is 8.16. The van der Waals surface area contributed by atoms with E-state index < -0.39 is 0 Å². The maximum atomic E-state index is 13.4. The third kappa shape index (κ3) is 4.68. The van der Waals surface area contributed by atoms with Gasteiger partial charge in [0, 0.05) is 23.1 Å². The molecular formula is C23H29BrN2O2S2. The van der Waals surface area contributed by atoms with Crippen molar-refractivity contribution in [2.45, 2.75) is 59.3 Å². The number of rotatable bonds is 9. The summed E-state index contributed by atoms with van der Waals surface area (Å²) in [7, 11) is 0. The summed E-state index contributed by atoms with van der Waals surface area (Å²) in [6.45, 7) is 7.75. The molecule has 2 aliphatic rings. The first-order chi connectivity index (χ1) is 14.4. The second-order valence-electron chi connectivity index (χ2n) is 7.88. The summed E-state index contributed by atoms with van der Waals surface area (Å²) >= 11 is 10.4. The van der Waals surface area contributed by atoms with Gasteiger partial charge in [-0.05, 0) is 37.0 Å². The third-order valence-corrected chi connectivity index (χ3v) is 7.71. The maximum absolute atomic E-state index is 13.4. The van der Waals surface area contributed by atoms with Crippen LogP contribution in [0.4, 0.5) is 5.69 Å². The number of benzene rings is 1. The Morgan fingerprint density at radius 1 is 1.07 bits per heavy atom. The molecule has 2 aliphatic heterocycles. The maximum Gasteiger partial charge on any atom is 0.267 e. The first kappa shape index (κ1) is 23.5. The van der Waals surface area contributed by atoms with Crippen LogP contribution in [0, 0.1) is 5.92 Å². The number of nitrogens with zero attached hydrogens (tertiary/aromatic N) is 2. The largest absolute Gasteiger partial charge is 0.308 e. The molecule has 0 bridgehead atoms. The SMILES string of the molecule is CCCCC(CC)CN1C(=O)C(=C2C(=O)N(CCCC)c3ccc(Br)cc32)SC1=S. The zero-order valence-electron chi connectivity index (χ0n) is 17.9. The molecule has 162 valence electrons. The normalized spacial score (nSPS) is 19.8. The zero-order chi connectivity index (χ0) is 21.8. The second-order valence-corrected chi connectivity index (χ2v) is 10.4. The molecule has 1 fully saturated rings. The topological polar surface area (TPSA) is 40.6 Å². The van der Waals surface area contributed by atoms with E-state index in [9.17, 15) is 9.59 Å². The fraction of sp³-hybridized carbons (Fsp3) is 0.522. The summed E-state index contributed by atoms with van der Waals surface area (Å²) in [5.74, 6) is 0.222. The van der Waals surface area contributed by atoms with E-state index >= 15 is 0 Å². The number of fused-ring (bicyclic) bond motifs is 1. The van der Waals surface area contributed by atoms with Crippen molar-refractivity contribution in [2.75, 3.05) is 18.0 Å². The summed E-state index contributed by atoms with van der Waals surface area (Å²) in [6.07, 6.45) is 6.33. The van der Waals surface area contributed by atoms with E-state index in [1.807, 2.05) is 23.1 Å². The molecule has 0 radical (unpaired) electrons. The fourth-order valence-electron chi connectivity index (χ4n) is 3.94. The molecule has 1 saturated heterocycles. The molecule has 1 atom stereocenters. The van der Waals surface area contributed by atoms with Crippen molar-refractivity contribution in [2.24, 2.45) is 5.92 Å². The Morgan fingerprint density at radius 2 is 1.80 bits per heavy atom. The number of halogens is 1. The van der Waals surface area contributed by atoms with Gasteiger partial charge in [0.15, 0.2) is 0 Å². The van der Waals surface area contributed by atoms with Crippen LogP contribution in [-0.4, -0.2) is 34.1 Å². The first-order valence-electron chi connectivity index (χ1n) is 10.8. The summed E-state index contributed by atoms with van der Waals surface area (Å²) in [5.41, 5.74) is 2.21. The van der Waals surface area contributed by atoms with Crippen molar-refractivity contribution in [3.63, 3.8) is 0 Å². The molecule has 3 rings (SSSR count). The molecule has 0 aromatic heterocycles. The van der Waals surface area contributed by atoms with Crippen molar-refractivity contribution in [1.82, 2.24) is 4.90 Å². The number of hydrogen-bond donors (Lipinski definition) is 0. The van der Waals surface area contributed by atoms with Gasteiger partial charge in [-0.1, -0.05) is 86.4 Å². The van der Waals surface area contributed by atoms with E-state index in [-0.39, 0.29) is 11.8 Å². The number of thioether (sulfide) groups is 1. The number of amides is 2. The van der Waals surface area contributed by atoms with Gasteiger partial charge in [-0.15, -0.1) is 0 Å². The van der Waals surface area contributed by atoms with Crippen LogP contribution in [0.3, 0.4) is 0 Å². The molecule has 7 heteroatoms. The van der Waals surface area contributed by atoms with Crippen molar-refractivity contribution >= 4 is 67.3 Å². The molecule has 30 heavy (non-hydrogen) atoms. The Morgan fingerprint density at radius 3 is 2.47 bits per heavy atom. The smallest absolute Gasteiger partial charge is 0.267 e. The van der Waals surface area contributed by atoms with E-state index in [0.29, 0.717) is 33.8 Å². The average molecular weight is 510 g/mol. The minimum Gasteiger partial charge on any atom is -0.308 e. The van der Waals surface area contributed by atoms with Crippen LogP contribution in [-0.2, 0) is 9.59 Å². The van der Waals surface area contributed by atoms with Crippen LogP contribution < -0.4 is 4.90 Å². The van der Waals surface area contributed by atoms with Crippen LogP contribution in [0.25, 0.3) is 5.57 Å². The van der Waals surface area contributed by atoms with Gasteiger partial charge >= 0.3 is 0 Å². The Labute approximate surface area is 197 Å². The lowest BCUT2D eigenvalue weighted by atomic mass is 9.98. The Hall–Kier alpha value is -1.18. The van der Waals surface area contributed by atoms with Gasteiger partial charge in [0.2, 0.25) is 0 Å². The van der Waals surface area contributed by atoms with Crippen LogP contribution in [0.1, 0.15) is 64.9 Å². The Bertz CT molecular complexity index is 884. The molecule has 1 aromatic rings. The highest BCUT2D eigenvalue weighted by Gasteiger charge is 2.42. The van der Waals surface area contributed by atoms with Crippen molar-refractivity contribution in [1.29, 1.82) is 0 Å². The van der Waals surface area contributed by atoms with E-state index in [2.05, 4.69) is 36.7 Å². The van der Waals surface area contributed by atoms with Crippen molar-refractivity contribution in [3.05, 3.63) is 33.1 Å². The lowest BCUT2D eigenvalue weighted by Gasteiger charge is -2.21. The van der Waals surface area contributed by atoms with E-state index in [1.54, 1.807) is 4.90 Å². The van der Waals surface area contributed by atoms with E-state index in [1.165, 1.54) is 11.8 Å². The van der Waals surface area contributed by atoms with Gasteiger partial charge in [0.25, 0.3) is 11.8 Å². The zero-order valence-corrected chi connectivity index (χ0v) is 21.1. The highest BCUT2D eigenvalue weighted by molar-refractivity contribution is 9.10. The number of carbonyl (C=O) groups is 2. The predicted molar refractivity (Wildman–Crippen MR) is 134 cm³/mol. The highest BCUT2D eigenvalue weighted by Crippen LogP contribution is 2.45. The van der Waals surface area contributed by atoms with E-state index in [4.69, 9.17) is 12.2 Å². The summed E-state index contributed by atoms with van der Waals surface area (Å²) in [5, 5.41) is 0. The fourth-order valence-corrected chi connectivity index (χ4v) is 5.65. The third-order valence-electron chi connectivity index (χ3n) is 5.77. The lowest BCUT2D eigenvalue weighted by molar-refractivity contribution is -0.123. The van der Waals surface area contributed by atoms with Crippen LogP contribution in [0.15, 0.2) is 27.6 Å². The molecule has 1 aromatic carbocycles. The number of carbonyl (C=O) groups excluding carboxylic acids is 2. The average Bonchev–Trinajstić information content (AvgIpc) is 3.15. The van der Waals surface area contributed by atoms with Gasteiger partial charge in [-0.25, -0.2) is 0 Å². The summed E-state index contributed by atoms with van der Waals surface area (Å²) in [4.78, 5) is 30.7. The van der Waals surface area contributed by atoms with Crippen molar-refractivity contribution < 1.29 is 9.59 Å². The van der Waals surface area contributed by atoms with Crippen LogP contribution >= 0.6 is 39.9 Å². The van der Waals surface area contributed by atoms with Gasteiger partial charge in [-0.3, -0.25) is 14.5 Å². The summed E-state index contributed by atoms with van der Waals surface area (Å²) in [6, 6.07) is 5.84. The first-order valence-corrected chi connectivity index (χ1v) is 12.8. The van der Waals surface area contributed by atoms with Crippen molar-refractivity contribution in [3.8, 4) is 0 Å². The molecule has 0 saturated carbocycles. The number of thiocarbonyl (C=S) groups is 1. The van der Waals surface area contributed by atoms with Crippen LogP contribution in [0.5, 0.6) is 0 Å². The van der Waals surface area contributed by atoms with E-state index in [0.717, 1.165) is 54.2 Å². The number of hydrogen-bond acceptors (Lipinski definition) is 4. The number of anilines is 1. The number of unbranched alkanes of at least 4 members (excludes halogenated alkanes) is 2. The standard InChI is InChI=1S/C23H29BrN2O2S2/c1-4-7-9-15(6-3)14-26-22(28)20(30-23(26)29)19-17-13-16(24)10-11-18(17)25(21(19)27)12-8-5-2/h10-11,13,15H,4-9,12,14H2,1-3H3. The molecule has 1 unspecified atom stereocenters. The van der Waals surface area contributed by atoms with Gasteiger partial charge in [0.05, 0.1) is 16.2 Å². The molecule has 4 nitrogen and oxygen atoms in total. The molecule has 0 aliphatic carbocycles. The summed E-state index contributed by atoms with van der Waals surface area (Å²) < 4.78 is 1.46. The minimum atomic E-state index is -0.119. The highest BCUT2D eigenvalue weighted by atomic mass is 79.9. The van der Waals surface area contributed by atoms with Gasteiger partial charge < -0.3 is 4.90 Å². The van der Waals surface area contributed by atoms with Crippen LogP contribution in [0.2, 0.25) is 0 Å². The predicted octanol–water partition coefficient (Wildman–Crippen LogP) is 6.38. The molecule has 2 heterocycles. The molecular weight excluding hydrogens is 480 g/mol.